The van der Waals surface area contributed by atoms with Gasteiger partial charge in [0.15, 0.2) is 17.5 Å². The summed E-state index contributed by atoms with van der Waals surface area (Å²) < 4.78 is 4.85. The van der Waals surface area contributed by atoms with Crippen molar-refractivity contribution in [1.29, 1.82) is 0 Å². The van der Waals surface area contributed by atoms with Crippen LogP contribution in [0.5, 0.6) is 0 Å². The monoisotopic (exact) mass is 739 g/mol. The molecule has 0 aliphatic carbocycles. The predicted octanol–water partition coefficient (Wildman–Crippen LogP) is 13.4. The van der Waals surface area contributed by atoms with Crippen molar-refractivity contribution in [2.45, 2.75) is 0 Å². The Balaban J connectivity index is 1.07. The van der Waals surface area contributed by atoms with Crippen LogP contribution in [0.3, 0.4) is 0 Å². The number of aromatic nitrogens is 5. The number of hydrogen-bond acceptors (Lipinski definition) is 3. The van der Waals surface area contributed by atoms with Crippen LogP contribution in [0.25, 0.3) is 111 Å². The number of nitrogens with zero attached hydrogens (tertiary/aromatic N) is 5. The largest absolute Gasteiger partial charge is 0.309 e. The number of para-hydroxylation sites is 2. The van der Waals surface area contributed by atoms with Gasteiger partial charge in [0.2, 0.25) is 0 Å². The van der Waals surface area contributed by atoms with Crippen LogP contribution in [0, 0.1) is 0 Å². The molecule has 0 unspecified atom stereocenters. The molecule has 0 bridgehead atoms. The SMILES string of the molecule is c1ccc(-c2nc(-c3ccccc3)nc(-c3ccc4cc(-n5c6cc7ccccc7cc6c6cc7c8ccccc8n(-c8ccccc8)c7cc65)ccc4c3)n2)cc1. The predicted molar refractivity (Wildman–Crippen MR) is 240 cm³/mol. The second-order valence-corrected chi connectivity index (χ2v) is 14.9. The molecule has 5 nitrogen and oxygen atoms in total. The average molecular weight is 740 g/mol. The van der Waals surface area contributed by atoms with Gasteiger partial charge in [-0.1, -0.05) is 140 Å². The van der Waals surface area contributed by atoms with Crippen LogP contribution < -0.4 is 0 Å². The third kappa shape index (κ3) is 5.14. The van der Waals surface area contributed by atoms with Gasteiger partial charge in [-0.3, -0.25) is 0 Å². The molecule has 3 heterocycles. The lowest BCUT2D eigenvalue weighted by atomic mass is 10.0. The molecule has 3 aromatic heterocycles. The molecule has 12 rings (SSSR count). The van der Waals surface area contributed by atoms with Gasteiger partial charge in [0.25, 0.3) is 0 Å². The molecule has 0 N–H and O–H groups in total. The lowest BCUT2D eigenvalue weighted by Gasteiger charge is -2.12. The van der Waals surface area contributed by atoms with E-state index in [9.17, 15) is 0 Å². The first-order valence-electron chi connectivity index (χ1n) is 19.6. The second-order valence-electron chi connectivity index (χ2n) is 14.9. The lowest BCUT2D eigenvalue weighted by molar-refractivity contribution is 1.07. The van der Waals surface area contributed by atoms with Crippen molar-refractivity contribution in [3.8, 4) is 45.5 Å². The molecule has 0 radical (unpaired) electrons. The first kappa shape index (κ1) is 32.4. The van der Waals surface area contributed by atoms with Gasteiger partial charge in [0.05, 0.1) is 22.1 Å². The second kappa shape index (κ2) is 12.8. The van der Waals surface area contributed by atoms with Crippen LogP contribution in [0.1, 0.15) is 0 Å². The van der Waals surface area contributed by atoms with Gasteiger partial charge in [-0.15, -0.1) is 0 Å². The molecule has 12 aromatic rings. The molecular formula is C53H33N5. The summed E-state index contributed by atoms with van der Waals surface area (Å²) in [6.45, 7) is 0. The van der Waals surface area contributed by atoms with Crippen molar-refractivity contribution in [2.75, 3.05) is 0 Å². The quantitative estimate of drug-likeness (QED) is 0.177. The van der Waals surface area contributed by atoms with Crippen molar-refractivity contribution in [1.82, 2.24) is 24.1 Å². The number of hydrogen-bond donors (Lipinski definition) is 0. The summed E-state index contributed by atoms with van der Waals surface area (Å²) in [5, 5.41) is 9.66. The van der Waals surface area contributed by atoms with Crippen molar-refractivity contribution in [2.24, 2.45) is 0 Å². The van der Waals surface area contributed by atoms with Gasteiger partial charge in [-0.2, -0.15) is 0 Å². The molecule has 0 spiro atoms. The van der Waals surface area contributed by atoms with Gasteiger partial charge < -0.3 is 9.13 Å². The Bertz CT molecular complexity index is 3490. The minimum absolute atomic E-state index is 0.644. The molecule has 0 saturated carbocycles. The van der Waals surface area contributed by atoms with E-state index in [4.69, 9.17) is 15.0 Å². The molecule has 9 aromatic carbocycles. The summed E-state index contributed by atoms with van der Waals surface area (Å²) in [6.07, 6.45) is 0. The highest BCUT2D eigenvalue weighted by Gasteiger charge is 2.20. The zero-order valence-corrected chi connectivity index (χ0v) is 31.3. The fourth-order valence-electron chi connectivity index (χ4n) is 8.75. The summed E-state index contributed by atoms with van der Waals surface area (Å²) >= 11 is 0. The molecule has 0 fully saturated rings. The zero-order valence-electron chi connectivity index (χ0n) is 31.3. The van der Waals surface area contributed by atoms with E-state index in [0.717, 1.165) is 38.8 Å². The normalized spacial score (nSPS) is 11.8. The van der Waals surface area contributed by atoms with Crippen LogP contribution in [-0.4, -0.2) is 24.1 Å². The standard InChI is InChI=1S/C53H33N5/c1-4-14-34(15-5-1)51-54-52(35-16-6-2-7-17-35)56-53(55-51)40-25-24-39-29-42(27-26-38(39)28-40)58-48-31-37-19-11-10-18-36(37)30-44(48)46-32-45-43-22-12-13-23-47(43)57(49(45)33-50(46)58)41-20-8-3-9-21-41/h1-33H. The third-order valence-corrected chi connectivity index (χ3v) is 11.5. The van der Waals surface area contributed by atoms with Gasteiger partial charge in [-0.25, -0.2) is 15.0 Å². The third-order valence-electron chi connectivity index (χ3n) is 11.5. The summed E-state index contributed by atoms with van der Waals surface area (Å²) in [6, 6.07) is 71.2. The number of rotatable bonds is 5. The first-order chi connectivity index (χ1) is 28.7. The molecule has 0 amide bonds. The topological polar surface area (TPSA) is 48.5 Å². The van der Waals surface area contributed by atoms with Gasteiger partial charge in [0, 0.05) is 49.6 Å². The van der Waals surface area contributed by atoms with Crippen LogP contribution >= 0.6 is 0 Å². The lowest BCUT2D eigenvalue weighted by Crippen LogP contribution is -2.00. The molecule has 270 valence electrons. The van der Waals surface area contributed by atoms with Crippen molar-refractivity contribution in [3.05, 3.63) is 200 Å². The molecule has 0 aliphatic rings. The van der Waals surface area contributed by atoms with Crippen LogP contribution in [-0.2, 0) is 0 Å². The van der Waals surface area contributed by atoms with Gasteiger partial charge in [0.1, 0.15) is 0 Å². The van der Waals surface area contributed by atoms with E-state index in [1.807, 2.05) is 60.7 Å². The molecule has 0 atom stereocenters. The summed E-state index contributed by atoms with van der Waals surface area (Å²) in [5.41, 5.74) is 9.83. The summed E-state index contributed by atoms with van der Waals surface area (Å²) in [4.78, 5) is 14.9. The average Bonchev–Trinajstić information content (AvgIpc) is 3.79. The van der Waals surface area contributed by atoms with E-state index in [0.29, 0.717) is 17.5 Å². The molecule has 58 heavy (non-hydrogen) atoms. The Labute approximate surface area is 333 Å². The first-order valence-corrected chi connectivity index (χ1v) is 19.6. The summed E-state index contributed by atoms with van der Waals surface area (Å²) in [5.74, 6) is 1.95. The fraction of sp³-hybridized carbons (Fsp3) is 0. The van der Waals surface area contributed by atoms with Crippen molar-refractivity contribution < 1.29 is 0 Å². The molecule has 0 saturated heterocycles. The highest BCUT2D eigenvalue weighted by Crippen LogP contribution is 2.41. The highest BCUT2D eigenvalue weighted by atomic mass is 15.0. The van der Waals surface area contributed by atoms with Gasteiger partial charge >= 0.3 is 0 Å². The Hall–Kier alpha value is -7.89. The minimum Gasteiger partial charge on any atom is -0.309 e. The maximum absolute atomic E-state index is 5.00. The van der Waals surface area contributed by atoms with Crippen LogP contribution in [0.15, 0.2) is 200 Å². The van der Waals surface area contributed by atoms with Crippen molar-refractivity contribution >= 4 is 65.2 Å². The van der Waals surface area contributed by atoms with Crippen molar-refractivity contribution in [3.63, 3.8) is 0 Å². The van der Waals surface area contributed by atoms with E-state index in [1.54, 1.807) is 0 Å². The highest BCUT2D eigenvalue weighted by molar-refractivity contribution is 6.21. The minimum atomic E-state index is 0.644. The summed E-state index contributed by atoms with van der Waals surface area (Å²) in [7, 11) is 0. The molecule has 0 aliphatic heterocycles. The number of fused-ring (bicyclic) bond motifs is 8. The Kier molecular flexibility index (Phi) is 7.16. The van der Waals surface area contributed by atoms with E-state index < -0.39 is 0 Å². The molecular weight excluding hydrogens is 707 g/mol. The maximum atomic E-state index is 5.00. The Morgan fingerprint density at radius 2 is 0.741 bits per heavy atom. The van der Waals surface area contributed by atoms with E-state index in [2.05, 4.69) is 149 Å². The van der Waals surface area contributed by atoms with E-state index >= 15 is 0 Å². The fourth-order valence-corrected chi connectivity index (χ4v) is 8.75. The maximum Gasteiger partial charge on any atom is 0.164 e. The molecule has 5 heteroatoms. The van der Waals surface area contributed by atoms with Crippen LogP contribution in [0.4, 0.5) is 0 Å². The van der Waals surface area contributed by atoms with E-state index in [1.165, 1.54) is 54.4 Å². The van der Waals surface area contributed by atoms with E-state index in [-0.39, 0.29) is 0 Å². The number of benzene rings is 9. The zero-order chi connectivity index (χ0) is 38.2. The Morgan fingerprint density at radius 3 is 1.45 bits per heavy atom. The van der Waals surface area contributed by atoms with Gasteiger partial charge in [-0.05, 0) is 82.2 Å². The van der Waals surface area contributed by atoms with Crippen LogP contribution in [0.2, 0.25) is 0 Å². The Morgan fingerprint density at radius 1 is 0.259 bits per heavy atom. The smallest absolute Gasteiger partial charge is 0.164 e.